The Morgan fingerprint density at radius 1 is 1.17 bits per heavy atom. The highest BCUT2D eigenvalue weighted by Gasteiger charge is 2.17. The minimum absolute atomic E-state index is 0.0731. The number of hydrogen-bond acceptors (Lipinski definition) is 2. The normalized spacial score (nSPS) is 11.8. The van der Waals surface area contributed by atoms with Crippen LogP contribution in [0.2, 0.25) is 0 Å². The van der Waals surface area contributed by atoms with Crippen LogP contribution < -0.4 is 0 Å². The molecule has 0 bridgehead atoms. The quantitative estimate of drug-likeness (QED) is 0.883. The second-order valence-corrected chi connectivity index (χ2v) is 4.39. The van der Waals surface area contributed by atoms with E-state index in [-0.39, 0.29) is 11.7 Å². The molecule has 18 heavy (non-hydrogen) atoms. The predicted molar refractivity (Wildman–Crippen MR) is 71.4 cm³/mol. The monoisotopic (exact) mass is 237 g/mol. The van der Waals surface area contributed by atoms with E-state index >= 15 is 0 Å². The zero-order valence-corrected chi connectivity index (χ0v) is 10.3. The summed E-state index contributed by atoms with van der Waals surface area (Å²) in [4.78, 5) is 0. The van der Waals surface area contributed by atoms with Crippen LogP contribution >= 0.6 is 0 Å². The molecule has 0 amide bonds. The van der Waals surface area contributed by atoms with Crippen LogP contribution in [0.1, 0.15) is 29.0 Å². The van der Waals surface area contributed by atoms with Crippen LogP contribution in [0, 0.1) is 18.3 Å². The van der Waals surface area contributed by atoms with Crippen LogP contribution in [-0.2, 0) is 0 Å². The first-order chi connectivity index (χ1) is 8.72. The lowest BCUT2D eigenvalue weighted by Gasteiger charge is -2.16. The molecule has 1 N–H and O–H groups in total. The second-order valence-electron chi connectivity index (χ2n) is 4.39. The molecule has 2 rings (SSSR count). The van der Waals surface area contributed by atoms with E-state index in [1.807, 2.05) is 49.4 Å². The number of phenolic OH excluding ortho intramolecular Hbond substituents is 1. The van der Waals surface area contributed by atoms with Gasteiger partial charge >= 0.3 is 0 Å². The maximum absolute atomic E-state index is 9.98. The molecule has 0 aliphatic carbocycles. The maximum atomic E-state index is 9.98. The Labute approximate surface area is 107 Å². The minimum Gasteiger partial charge on any atom is -0.508 e. The molecule has 0 saturated carbocycles. The van der Waals surface area contributed by atoms with E-state index in [0.717, 1.165) is 16.7 Å². The van der Waals surface area contributed by atoms with Crippen LogP contribution in [0.3, 0.4) is 0 Å². The Kier molecular flexibility index (Phi) is 3.64. The lowest BCUT2D eigenvalue weighted by atomic mass is 9.87. The van der Waals surface area contributed by atoms with E-state index in [4.69, 9.17) is 5.26 Å². The average Bonchev–Trinajstić information content (AvgIpc) is 2.40. The third-order valence-corrected chi connectivity index (χ3v) is 3.06. The van der Waals surface area contributed by atoms with Gasteiger partial charge in [0.15, 0.2) is 0 Å². The fraction of sp³-hybridized carbons (Fsp3) is 0.188. The first kappa shape index (κ1) is 12.2. The molecular formula is C16H15NO. The van der Waals surface area contributed by atoms with Gasteiger partial charge in [0, 0.05) is 17.9 Å². The molecule has 0 aliphatic heterocycles. The van der Waals surface area contributed by atoms with Crippen molar-refractivity contribution in [2.45, 2.75) is 19.3 Å². The second kappa shape index (κ2) is 5.37. The molecule has 0 heterocycles. The molecule has 0 spiro atoms. The van der Waals surface area contributed by atoms with Gasteiger partial charge in [0.1, 0.15) is 5.75 Å². The molecule has 90 valence electrons. The SMILES string of the molecule is Cc1ccc(O)c([C@@H](CC#N)c2ccccc2)c1. The van der Waals surface area contributed by atoms with Crippen molar-refractivity contribution in [1.29, 1.82) is 5.26 Å². The van der Waals surface area contributed by atoms with E-state index in [0.29, 0.717) is 6.42 Å². The standard InChI is InChI=1S/C16H15NO/c1-12-7-8-16(18)15(11-12)14(9-10-17)13-5-3-2-4-6-13/h2-8,11,14,18H,9H2,1H3/t14-/m0/s1. The largest absolute Gasteiger partial charge is 0.508 e. The molecule has 0 fully saturated rings. The Bertz CT molecular complexity index is 569. The number of nitrogens with zero attached hydrogens (tertiary/aromatic N) is 1. The van der Waals surface area contributed by atoms with Crippen LogP contribution in [0.25, 0.3) is 0 Å². The summed E-state index contributed by atoms with van der Waals surface area (Å²) >= 11 is 0. The fourth-order valence-electron chi connectivity index (χ4n) is 2.14. The highest BCUT2D eigenvalue weighted by Crippen LogP contribution is 2.34. The first-order valence-corrected chi connectivity index (χ1v) is 5.94. The highest BCUT2D eigenvalue weighted by atomic mass is 16.3. The Morgan fingerprint density at radius 3 is 2.56 bits per heavy atom. The van der Waals surface area contributed by atoms with Crippen molar-refractivity contribution in [2.75, 3.05) is 0 Å². The van der Waals surface area contributed by atoms with Gasteiger partial charge in [-0.25, -0.2) is 0 Å². The van der Waals surface area contributed by atoms with Gasteiger partial charge < -0.3 is 5.11 Å². The zero-order chi connectivity index (χ0) is 13.0. The van der Waals surface area contributed by atoms with Gasteiger partial charge in [-0.15, -0.1) is 0 Å². The first-order valence-electron chi connectivity index (χ1n) is 5.94. The van der Waals surface area contributed by atoms with E-state index in [9.17, 15) is 5.11 Å². The van der Waals surface area contributed by atoms with Gasteiger partial charge in [-0.3, -0.25) is 0 Å². The summed E-state index contributed by atoms with van der Waals surface area (Å²) in [5, 5.41) is 19.0. The number of nitriles is 1. The van der Waals surface area contributed by atoms with Gasteiger partial charge in [-0.1, -0.05) is 48.0 Å². The van der Waals surface area contributed by atoms with Gasteiger partial charge in [0.2, 0.25) is 0 Å². The van der Waals surface area contributed by atoms with E-state index in [2.05, 4.69) is 6.07 Å². The van der Waals surface area contributed by atoms with Crippen molar-refractivity contribution < 1.29 is 5.11 Å². The molecule has 2 heteroatoms. The van der Waals surface area contributed by atoms with Crippen molar-refractivity contribution in [3.8, 4) is 11.8 Å². The smallest absolute Gasteiger partial charge is 0.119 e. The number of aromatic hydroxyl groups is 1. The zero-order valence-electron chi connectivity index (χ0n) is 10.3. The van der Waals surface area contributed by atoms with Gasteiger partial charge in [-0.2, -0.15) is 5.26 Å². The summed E-state index contributed by atoms with van der Waals surface area (Å²) in [6.07, 6.45) is 0.362. The average molecular weight is 237 g/mol. The number of aryl methyl sites for hydroxylation is 1. The van der Waals surface area contributed by atoms with Crippen molar-refractivity contribution in [3.63, 3.8) is 0 Å². The van der Waals surface area contributed by atoms with Crippen LogP contribution in [0.4, 0.5) is 0 Å². The highest BCUT2D eigenvalue weighted by molar-refractivity contribution is 5.43. The third-order valence-electron chi connectivity index (χ3n) is 3.06. The van der Waals surface area contributed by atoms with Crippen molar-refractivity contribution in [1.82, 2.24) is 0 Å². The topological polar surface area (TPSA) is 44.0 Å². The molecule has 2 aromatic carbocycles. The summed E-state index contributed by atoms with van der Waals surface area (Å²) in [5.74, 6) is 0.181. The van der Waals surface area contributed by atoms with Gasteiger partial charge in [0.25, 0.3) is 0 Å². The third kappa shape index (κ3) is 2.52. The summed E-state index contributed by atoms with van der Waals surface area (Å²) in [6.45, 7) is 1.98. The summed E-state index contributed by atoms with van der Waals surface area (Å²) in [6, 6.07) is 17.5. The molecule has 0 radical (unpaired) electrons. The molecule has 2 aromatic rings. The number of rotatable bonds is 3. The molecule has 0 aliphatic rings. The molecule has 0 unspecified atom stereocenters. The van der Waals surface area contributed by atoms with Crippen molar-refractivity contribution >= 4 is 0 Å². The minimum atomic E-state index is -0.0731. The van der Waals surface area contributed by atoms with E-state index < -0.39 is 0 Å². The lowest BCUT2D eigenvalue weighted by Crippen LogP contribution is -2.01. The fourth-order valence-corrected chi connectivity index (χ4v) is 2.14. The summed E-state index contributed by atoms with van der Waals surface area (Å²) in [5.41, 5.74) is 2.96. The van der Waals surface area contributed by atoms with E-state index in [1.165, 1.54) is 0 Å². The van der Waals surface area contributed by atoms with Crippen LogP contribution in [-0.4, -0.2) is 5.11 Å². The maximum Gasteiger partial charge on any atom is 0.119 e. The van der Waals surface area contributed by atoms with Crippen LogP contribution in [0.5, 0.6) is 5.75 Å². The number of phenols is 1. The Hall–Kier alpha value is -2.27. The predicted octanol–water partition coefficient (Wildman–Crippen LogP) is 3.75. The van der Waals surface area contributed by atoms with Gasteiger partial charge in [0.05, 0.1) is 6.07 Å². The lowest BCUT2D eigenvalue weighted by molar-refractivity contribution is 0.464. The van der Waals surface area contributed by atoms with Gasteiger partial charge in [-0.05, 0) is 18.6 Å². The summed E-state index contributed by atoms with van der Waals surface area (Å²) < 4.78 is 0. The van der Waals surface area contributed by atoms with E-state index in [1.54, 1.807) is 6.07 Å². The molecular weight excluding hydrogens is 222 g/mol. The molecule has 2 nitrogen and oxygen atoms in total. The summed E-state index contributed by atoms with van der Waals surface area (Å²) in [7, 11) is 0. The molecule has 0 saturated heterocycles. The van der Waals surface area contributed by atoms with Crippen molar-refractivity contribution in [2.24, 2.45) is 0 Å². The Balaban J connectivity index is 2.49. The number of hydrogen-bond donors (Lipinski definition) is 1. The van der Waals surface area contributed by atoms with Crippen LogP contribution in [0.15, 0.2) is 48.5 Å². The number of benzene rings is 2. The van der Waals surface area contributed by atoms with Crippen molar-refractivity contribution in [3.05, 3.63) is 65.2 Å². The molecule has 1 atom stereocenters. The Morgan fingerprint density at radius 2 is 1.89 bits per heavy atom. The molecule has 0 aromatic heterocycles.